The van der Waals surface area contributed by atoms with Crippen LogP contribution in [0.15, 0.2) is 16.7 Å². The largest absolute Gasteiger partial charge is 0.465 e. The summed E-state index contributed by atoms with van der Waals surface area (Å²) < 4.78 is 5.41. The fourth-order valence-electron chi connectivity index (χ4n) is 1.05. The molecule has 0 spiro atoms. The van der Waals surface area contributed by atoms with Gasteiger partial charge in [-0.1, -0.05) is 0 Å². The maximum atomic E-state index is 11.4. The fraction of sp³-hybridized carbons (Fsp3) is 0.333. The van der Waals surface area contributed by atoms with Crippen LogP contribution in [0.2, 0.25) is 0 Å². The van der Waals surface area contributed by atoms with Gasteiger partial charge in [0.25, 0.3) is 0 Å². The second-order valence-corrected chi connectivity index (χ2v) is 3.83. The third-order valence-corrected chi connectivity index (χ3v) is 2.10. The zero-order valence-corrected chi connectivity index (χ0v) is 9.83. The Labute approximate surface area is 91.0 Å². The van der Waals surface area contributed by atoms with Crippen molar-refractivity contribution in [2.24, 2.45) is 0 Å². The van der Waals surface area contributed by atoms with E-state index in [2.05, 4.69) is 25.7 Å². The van der Waals surface area contributed by atoms with Crippen LogP contribution in [-0.4, -0.2) is 32.2 Å². The molecular formula is C9H11BrN2O2. The summed E-state index contributed by atoms with van der Waals surface area (Å²) in [4.78, 5) is 17.3. The zero-order chi connectivity index (χ0) is 10.7. The molecule has 5 heteroatoms. The molecule has 0 radical (unpaired) electrons. The molecule has 0 amide bonds. The van der Waals surface area contributed by atoms with E-state index in [1.54, 1.807) is 17.2 Å². The molecule has 0 aliphatic rings. The summed E-state index contributed by atoms with van der Waals surface area (Å²) in [5, 5.41) is 0. The molecule has 0 atom stereocenters. The molecule has 1 rings (SSSR count). The van der Waals surface area contributed by atoms with Gasteiger partial charge in [-0.05, 0) is 22.0 Å². The number of methoxy groups -OCH3 is 1. The number of halogens is 1. The Kier molecular flexibility index (Phi) is 3.46. The second kappa shape index (κ2) is 4.41. The molecule has 76 valence electrons. The number of nitrogens with zero attached hydrogens (tertiary/aromatic N) is 2. The molecule has 1 heterocycles. The molecule has 0 saturated heterocycles. The summed E-state index contributed by atoms with van der Waals surface area (Å²) >= 11 is 3.25. The minimum absolute atomic E-state index is 0.387. The van der Waals surface area contributed by atoms with E-state index in [4.69, 9.17) is 0 Å². The van der Waals surface area contributed by atoms with Crippen LogP contribution in [0.4, 0.5) is 5.82 Å². The van der Waals surface area contributed by atoms with Crippen LogP contribution >= 0.6 is 15.9 Å². The number of rotatable bonds is 2. The van der Waals surface area contributed by atoms with E-state index >= 15 is 0 Å². The van der Waals surface area contributed by atoms with Crippen molar-refractivity contribution in [1.82, 2.24) is 4.98 Å². The number of ether oxygens (including phenoxy) is 1. The van der Waals surface area contributed by atoms with Gasteiger partial charge in [-0.2, -0.15) is 0 Å². The molecule has 0 unspecified atom stereocenters. The lowest BCUT2D eigenvalue weighted by atomic mass is 10.2. The van der Waals surface area contributed by atoms with E-state index < -0.39 is 0 Å². The van der Waals surface area contributed by atoms with E-state index in [0.29, 0.717) is 11.4 Å². The summed E-state index contributed by atoms with van der Waals surface area (Å²) in [6.45, 7) is 0. The van der Waals surface area contributed by atoms with Crippen molar-refractivity contribution >= 4 is 27.7 Å². The lowest BCUT2D eigenvalue weighted by Crippen LogP contribution is -2.16. The molecule has 0 aromatic carbocycles. The highest BCUT2D eigenvalue weighted by atomic mass is 79.9. The Hall–Kier alpha value is -1.10. The van der Waals surface area contributed by atoms with Crippen molar-refractivity contribution < 1.29 is 9.53 Å². The van der Waals surface area contributed by atoms with Crippen LogP contribution in [0.25, 0.3) is 0 Å². The smallest absolute Gasteiger partial charge is 0.341 e. The number of hydrogen-bond acceptors (Lipinski definition) is 4. The van der Waals surface area contributed by atoms with Crippen LogP contribution in [0.1, 0.15) is 10.4 Å². The lowest BCUT2D eigenvalue weighted by Gasteiger charge is -2.14. The summed E-state index contributed by atoms with van der Waals surface area (Å²) in [5.74, 6) is 0.211. The maximum absolute atomic E-state index is 11.4. The van der Waals surface area contributed by atoms with Gasteiger partial charge >= 0.3 is 5.97 Å². The van der Waals surface area contributed by atoms with Crippen LogP contribution < -0.4 is 4.90 Å². The number of anilines is 1. The highest BCUT2D eigenvalue weighted by Gasteiger charge is 2.14. The number of carbonyl (C=O) groups is 1. The van der Waals surface area contributed by atoms with Crippen molar-refractivity contribution in [1.29, 1.82) is 0 Å². The van der Waals surface area contributed by atoms with Crippen LogP contribution in [0.5, 0.6) is 0 Å². The number of esters is 1. The Morgan fingerprint density at radius 3 is 2.71 bits per heavy atom. The maximum Gasteiger partial charge on any atom is 0.341 e. The van der Waals surface area contributed by atoms with E-state index in [-0.39, 0.29) is 5.97 Å². The van der Waals surface area contributed by atoms with Gasteiger partial charge in [0.15, 0.2) is 0 Å². The number of pyridine rings is 1. The first-order valence-electron chi connectivity index (χ1n) is 3.97. The van der Waals surface area contributed by atoms with E-state index in [1.165, 1.54) is 7.11 Å². The number of aromatic nitrogens is 1. The van der Waals surface area contributed by atoms with Gasteiger partial charge in [-0.25, -0.2) is 9.78 Å². The predicted octanol–water partition coefficient (Wildman–Crippen LogP) is 1.70. The first-order chi connectivity index (χ1) is 6.56. The van der Waals surface area contributed by atoms with Gasteiger partial charge in [-0.3, -0.25) is 0 Å². The molecule has 0 bridgehead atoms. The average molecular weight is 259 g/mol. The van der Waals surface area contributed by atoms with E-state index in [9.17, 15) is 4.79 Å². The molecular weight excluding hydrogens is 248 g/mol. The molecule has 14 heavy (non-hydrogen) atoms. The topological polar surface area (TPSA) is 42.4 Å². The highest BCUT2D eigenvalue weighted by molar-refractivity contribution is 9.10. The zero-order valence-electron chi connectivity index (χ0n) is 8.24. The Balaban J connectivity index is 3.22. The molecule has 0 saturated carbocycles. The van der Waals surface area contributed by atoms with Crippen LogP contribution in [0, 0.1) is 0 Å². The van der Waals surface area contributed by atoms with Crippen molar-refractivity contribution in [2.45, 2.75) is 0 Å². The standard InChI is InChI=1S/C9H11BrN2O2/c1-12(2)8-7(9(13)14-3)4-6(10)5-11-8/h4-5H,1-3H3. The number of hydrogen-bond donors (Lipinski definition) is 0. The summed E-state index contributed by atoms with van der Waals surface area (Å²) in [7, 11) is 4.99. The van der Waals surface area contributed by atoms with Crippen LogP contribution in [-0.2, 0) is 4.74 Å². The normalized spacial score (nSPS) is 9.71. The highest BCUT2D eigenvalue weighted by Crippen LogP contribution is 2.20. The first-order valence-corrected chi connectivity index (χ1v) is 4.76. The van der Waals surface area contributed by atoms with Gasteiger partial charge < -0.3 is 9.64 Å². The summed E-state index contributed by atoms with van der Waals surface area (Å²) in [6.07, 6.45) is 1.64. The van der Waals surface area contributed by atoms with Crippen LogP contribution in [0.3, 0.4) is 0 Å². The minimum Gasteiger partial charge on any atom is -0.465 e. The first kappa shape index (κ1) is 11.0. The van der Waals surface area contributed by atoms with E-state index in [0.717, 1.165) is 4.47 Å². The molecule has 4 nitrogen and oxygen atoms in total. The minimum atomic E-state index is -0.387. The molecule has 0 aliphatic heterocycles. The second-order valence-electron chi connectivity index (χ2n) is 2.91. The molecule has 1 aromatic rings. The van der Waals surface area contributed by atoms with Gasteiger partial charge in [0.05, 0.1) is 7.11 Å². The molecule has 0 fully saturated rings. The number of carbonyl (C=O) groups excluding carboxylic acids is 1. The van der Waals surface area contributed by atoms with Crippen molar-refractivity contribution in [2.75, 3.05) is 26.1 Å². The quantitative estimate of drug-likeness (QED) is 0.758. The molecule has 0 N–H and O–H groups in total. The Morgan fingerprint density at radius 1 is 1.57 bits per heavy atom. The monoisotopic (exact) mass is 258 g/mol. The van der Waals surface area contributed by atoms with Gasteiger partial charge in [0.2, 0.25) is 0 Å². The van der Waals surface area contributed by atoms with Gasteiger partial charge in [-0.15, -0.1) is 0 Å². The van der Waals surface area contributed by atoms with E-state index in [1.807, 2.05) is 14.1 Å². The van der Waals surface area contributed by atoms with Crippen molar-refractivity contribution in [3.63, 3.8) is 0 Å². The fourth-order valence-corrected chi connectivity index (χ4v) is 1.38. The molecule has 1 aromatic heterocycles. The third kappa shape index (κ3) is 2.23. The van der Waals surface area contributed by atoms with Crippen molar-refractivity contribution in [3.05, 3.63) is 22.3 Å². The summed E-state index contributed by atoms with van der Waals surface area (Å²) in [6, 6.07) is 1.69. The summed E-state index contributed by atoms with van der Waals surface area (Å²) in [5.41, 5.74) is 0.451. The Bertz CT molecular complexity index is 353. The SMILES string of the molecule is COC(=O)c1cc(Br)cnc1N(C)C. The Morgan fingerprint density at radius 2 is 2.21 bits per heavy atom. The average Bonchev–Trinajstić information content (AvgIpc) is 2.16. The lowest BCUT2D eigenvalue weighted by molar-refractivity contribution is 0.0601. The molecule has 0 aliphatic carbocycles. The predicted molar refractivity (Wildman–Crippen MR) is 57.6 cm³/mol. The van der Waals surface area contributed by atoms with Gasteiger partial charge in [0, 0.05) is 24.8 Å². The van der Waals surface area contributed by atoms with Gasteiger partial charge in [0.1, 0.15) is 11.4 Å². The van der Waals surface area contributed by atoms with Crippen molar-refractivity contribution in [3.8, 4) is 0 Å². The third-order valence-electron chi connectivity index (χ3n) is 1.66.